The summed E-state index contributed by atoms with van der Waals surface area (Å²) >= 11 is 3.27. The normalized spacial score (nSPS) is 12.2. The zero-order valence-electron chi connectivity index (χ0n) is 19.0. The molecular weight excluding hydrogens is 496 g/mol. The van der Waals surface area contributed by atoms with E-state index < -0.39 is 28.4 Å². The van der Waals surface area contributed by atoms with Crippen molar-refractivity contribution in [2.75, 3.05) is 0 Å². The topological polar surface area (TPSA) is 71.7 Å². The maximum absolute atomic E-state index is 13.9. The van der Waals surface area contributed by atoms with Crippen LogP contribution in [-0.4, -0.2) is 14.8 Å². The second-order valence-corrected chi connectivity index (χ2v) is 9.77. The summed E-state index contributed by atoms with van der Waals surface area (Å²) in [4.78, 5) is 13.3. The number of nitrogens with zero attached hydrogens (tertiary/aromatic N) is 1. The second-order valence-electron chi connectivity index (χ2n) is 8.98. The summed E-state index contributed by atoms with van der Waals surface area (Å²) < 4.78 is 34.3. The molecule has 2 aromatic carbocycles. The molecule has 3 aromatic rings. The Bertz CT molecular complexity index is 1260. The van der Waals surface area contributed by atoms with E-state index in [4.69, 9.17) is 4.74 Å². The Kier molecular flexibility index (Phi) is 6.84. The van der Waals surface area contributed by atoms with E-state index in [9.17, 15) is 23.8 Å². The van der Waals surface area contributed by atoms with Crippen molar-refractivity contribution in [3.05, 3.63) is 91.3 Å². The van der Waals surface area contributed by atoms with Crippen LogP contribution in [-0.2, 0) is 17.8 Å². The van der Waals surface area contributed by atoms with E-state index in [1.807, 2.05) is 0 Å². The molecule has 5 nitrogen and oxygen atoms in total. The molecule has 0 fully saturated rings. The molecule has 8 heteroatoms. The van der Waals surface area contributed by atoms with Gasteiger partial charge in [0.05, 0.1) is 16.9 Å². The van der Waals surface area contributed by atoms with Crippen molar-refractivity contribution in [1.82, 2.24) is 4.57 Å². The number of ether oxygens (including phenoxy) is 1. The molecule has 0 spiro atoms. The van der Waals surface area contributed by atoms with Crippen molar-refractivity contribution in [2.24, 2.45) is 0 Å². The van der Waals surface area contributed by atoms with Crippen LogP contribution in [0, 0.1) is 18.6 Å². The third-order valence-corrected chi connectivity index (χ3v) is 6.03. The molecule has 0 aliphatic carbocycles. The first-order valence-corrected chi connectivity index (χ1v) is 11.1. The van der Waals surface area contributed by atoms with Crippen molar-refractivity contribution in [2.45, 2.75) is 52.4 Å². The zero-order valence-corrected chi connectivity index (χ0v) is 20.6. The lowest BCUT2D eigenvalue weighted by Crippen LogP contribution is -2.28. The highest BCUT2D eigenvalue weighted by Gasteiger charge is 2.27. The molecule has 0 aliphatic heterocycles. The summed E-state index contributed by atoms with van der Waals surface area (Å²) in [5.74, 6) is -1.22. The highest BCUT2D eigenvalue weighted by atomic mass is 79.9. The van der Waals surface area contributed by atoms with Gasteiger partial charge in [-0.2, -0.15) is 0 Å². The minimum Gasteiger partial charge on any atom is -0.487 e. The van der Waals surface area contributed by atoms with Crippen LogP contribution in [0.15, 0.2) is 51.7 Å². The quantitative estimate of drug-likeness (QED) is 0.466. The largest absolute Gasteiger partial charge is 0.487 e. The van der Waals surface area contributed by atoms with Crippen molar-refractivity contribution >= 4 is 15.9 Å². The Morgan fingerprint density at radius 2 is 1.67 bits per heavy atom. The molecule has 0 bridgehead atoms. The van der Waals surface area contributed by atoms with Crippen LogP contribution in [0.5, 0.6) is 5.75 Å². The molecule has 176 valence electrons. The van der Waals surface area contributed by atoms with E-state index >= 15 is 0 Å². The van der Waals surface area contributed by atoms with Crippen LogP contribution in [0.3, 0.4) is 0 Å². The number of aromatic nitrogens is 1. The monoisotopic (exact) mass is 521 g/mol. The molecule has 0 saturated carbocycles. The van der Waals surface area contributed by atoms with Gasteiger partial charge in [-0.1, -0.05) is 6.07 Å². The van der Waals surface area contributed by atoms with Gasteiger partial charge in [0.15, 0.2) is 0 Å². The van der Waals surface area contributed by atoms with Gasteiger partial charge in [0.2, 0.25) is 0 Å². The third kappa shape index (κ3) is 5.34. The molecule has 33 heavy (non-hydrogen) atoms. The number of hydrogen-bond acceptors (Lipinski definition) is 4. The van der Waals surface area contributed by atoms with Gasteiger partial charge in [-0.05, 0) is 80.4 Å². The molecule has 0 amide bonds. The summed E-state index contributed by atoms with van der Waals surface area (Å²) in [6.07, 6.45) is 0. The first-order chi connectivity index (χ1) is 15.2. The third-order valence-electron chi connectivity index (χ3n) is 5.30. The molecule has 0 radical (unpaired) electrons. The van der Waals surface area contributed by atoms with E-state index in [0.717, 1.165) is 12.1 Å². The fourth-order valence-electron chi connectivity index (χ4n) is 3.48. The minimum absolute atomic E-state index is 0.115. The van der Waals surface area contributed by atoms with E-state index in [-0.39, 0.29) is 22.4 Å². The lowest BCUT2D eigenvalue weighted by Gasteiger charge is -2.27. The number of benzene rings is 2. The van der Waals surface area contributed by atoms with Crippen LogP contribution >= 0.6 is 15.9 Å². The van der Waals surface area contributed by atoms with Crippen molar-refractivity contribution in [1.29, 1.82) is 0 Å². The lowest BCUT2D eigenvalue weighted by molar-refractivity contribution is 0.0717. The number of pyridine rings is 1. The maximum atomic E-state index is 13.9. The van der Waals surface area contributed by atoms with Gasteiger partial charge in [0, 0.05) is 29.0 Å². The Morgan fingerprint density at radius 3 is 2.24 bits per heavy atom. The van der Waals surface area contributed by atoms with Crippen LogP contribution in [0.2, 0.25) is 0 Å². The molecule has 1 heterocycles. The lowest BCUT2D eigenvalue weighted by atomic mass is 9.89. The molecule has 2 N–H and O–H groups in total. The highest BCUT2D eigenvalue weighted by molar-refractivity contribution is 9.10. The standard InChI is InChI=1S/C25H26BrF2NO4/c1-14-10-21(33-13-15-6-8-17(27)12-19(15)28)22(26)23(30)29(14)20-9-7-16(24(2,3)31)11-18(20)25(4,5)32/h6-12,31-32H,13H2,1-5H3. The summed E-state index contributed by atoms with van der Waals surface area (Å²) in [5.41, 5.74) is -0.705. The van der Waals surface area contributed by atoms with Crippen molar-refractivity contribution < 1.29 is 23.7 Å². The highest BCUT2D eigenvalue weighted by Crippen LogP contribution is 2.33. The molecular formula is C25H26BrF2NO4. The SMILES string of the molecule is Cc1cc(OCc2ccc(F)cc2F)c(Br)c(=O)n1-c1ccc(C(C)(C)O)cc1C(C)(C)O. The molecule has 0 saturated heterocycles. The average molecular weight is 522 g/mol. The summed E-state index contributed by atoms with van der Waals surface area (Å²) in [6.45, 7) is 7.99. The fraction of sp³-hybridized carbons (Fsp3) is 0.320. The van der Waals surface area contributed by atoms with E-state index in [2.05, 4.69) is 15.9 Å². The molecule has 0 atom stereocenters. The predicted molar refractivity (Wildman–Crippen MR) is 126 cm³/mol. The Morgan fingerprint density at radius 1 is 1.00 bits per heavy atom. The molecule has 1 aromatic heterocycles. The molecule has 3 rings (SSSR count). The van der Waals surface area contributed by atoms with E-state index in [1.54, 1.807) is 58.9 Å². The zero-order chi connectivity index (χ0) is 24.7. The van der Waals surface area contributed by atoms with Crippen LogP contribution in [0.25, 0.3) is 5.69 Å². The predicted octanol–water partition coefficient (Wildman–Crippen LogP) is 5.22. The number of hydrogen-bond donors (Lipinski definition) is 2. The molecule has 0 aliphatic rings. The van der Waals surface area contributed by atoms with E-state index in [0.29, 0.717) is 22.5 Å². The van der Waals surface area contributed by atoms with Gasteiger partial charge < -0.3 is 14.9 Å². The maximum Gasteiger partial charge on any atom is 0.273 e. The van der Waals surface area contributed by atoms with Crippen LogP contribution in [0.4, 0.5) is 8.78 Å². The number of aliphatic hydroxyl groups is 2. The number of rotatable bonds is 6. The van der Waals surface area contributed by atoms with Gasteiger partial charge in [-0.3, -0.25) is 9.36 Å². The Hall–Kier alpha value is -2.55. The van der Waals surface area contributed by atoms with Gasteiger partial charge in [0.25, 0.3) is 5.56 Å². The van der Waals surface area contributed by atoms with Gasteiger partial charge in [-0.25, -0.2) is 8.78 Å². The Labute approximate surface area is 199 Å². The molecule has 0 unspecified atom stereocenters. The van der Waals surface area contributed by atoms with Crippen molar-refractivity contribution in [3.8, 4) is 11.4 Å². The van der Waals surface area contributed by atoms with Gasteiger partial charge >= 0.3 is 0 Å². The van der Waals surface area contributed by atoms with Gasteiger partial charge in [-0.15, -0.1) is 0 Å². The first-order valence-electron chi connectivity index (χ1n) is 10.3. The minimum atomic E-state index is -1.30. The first kappa shape index (κ1) is 25.1. The number of halogens is 3. The number of aryl methyl sites for hydroxylation is 1. The fourth-order valence-corrected chi connectivity index (χ4v) is 3.89. The second kappa shape index (κ2) is 9.00. The summed E-state index contributed by atoms with van der Waals surface area (Å²) in [5, 5.41) is 21.2. The average Bonchev–Trinajstić information content (AvgIpc) is 2.69. The van der Waals surface area contributed by atoms with Gasteiger partial charge in [0.1, 0.15) is 28.5 Å². The smallest absolute Gasteiger partial charge is 0.273 e. The van der Waals surface area contributed by atoms with Crippen LogP contribution in [0.1, 0.15) is 50.1 Å². The summed E-state index contributed by atoms with van der Waals surface area (Å²) in [6, 6.07) is 9.86. The summed E-state index contributed by atoms with van der Waals surface area (Å²) in [7, 11) is 0. The van der Waals surface area contributed by atoms with Crippen molar-refractivity contribution in [3.63, 3.8) is 0 Å². The Balaban J connectivity index is 2.07. The van der Waals surface area contributed by atoms with Crippen LogP contribution < -0.4 is 10.3 Å². The van der Waals surface area contributed by atoms with E-state index in [1.165, 1.54) is 10.6 Å².